The fraction of sp³-hybridized carbons (Fsp3) is 0.692. The zero-order valence-corrected chi connectivity index (χ0v) is 10.8. The number of nitrogens with zero attached hydrogens (tertiary/aromatic N) is 3. The fourth-order valence-corrected chi connectivity index (χ4v) is 2.40. The second-order valence-electron chi connectivity index (χ2n) is 4.96. The van der Waals surface area contributed by atoms with Gasteiger partial charge in [-0.2, -0.15) is 0 Å². The van der Waals surface area contributed by atoms with Gasteiger partial charge in [0.2, 0.25) is 0 Å². The van der Waals surface area contributed by atoms with E-state index in [0.29, 0.717) is 6.04 Å². The van der Waals surface area contributed by atoms with E-state index in [-0.39, 0.29) is 0 Å². The average Bonchev–Trinajstić information content (AvgIpc) is 2.40. The molecule has 2 rings (SSSR count). The van der Waals surface area contributed by atoms with Crippen LogP contribution in [0.1, 0.15) is 31.5 Å². The highest BCUT2D eigenvalue weighted by Gasteiger charge is 2.19. The maximum atomic E-state index is 4.37. The molecule has 0 unspecified atom stereocenters. The number of hydrogen-bond acceptors (Lipinski definition) is 4. The van der Waals surface area contributed by atoms with Crippen LogP contribution >= 0.6 is 0 Å². The van der Waals surface area contributed by atoms with Gasteiger partial charge in [0.1, 0.15) is 0 Å². The number of aromatic nitrogens is 2. The van der Waals surface area contributed by atoms with Crippen LogP contribution in [0.15, 0.2) is 18.6 Å². The van der Waals surface area contributed by atoms with Gasteiger partial charge in [-0.3, -0.25) is 14.9 Å². The zero-order valence-electron chi connectivity index (χ0n) is 10.8. The number of nitrogens with one attached hydrogen (secondary N) is 1. The molecule has 0 aromatic carbocycles. The van der Waals surface area contributed by atoms with Crippen LogP contribution in [-0.4, -0.2) is 41.5 Å². The predicted molar refractivity (Wildman–Crippen MR) is 68.7 cm³/mol. The fourth-order valence-electron chi connectivity index (χ4n) is 2.40. The molecule has 1 saturated heterocycles. The summed E-state index contributed by atoms with van der Waals surface area (Å²) < 4.78 is 0. The minimum Gasteiger partial charge on any atom is -0.316 e. The molecule has 0 bridgehead atoms. The molecule has 2 atom stereocenters. The van der Waals surface area contributed by atoms with Crippen LogP contribution < -0.4 is 5.32 Å². The average molecular weight is 234 g/mol. The molecule has 1 N–H and O–H groups in total. The maximum Gasteiger partial charge on any atom is 0.0755 e. The molecule has 0 amide bonds. The lowest BCUT2D eigenvalue weighted by molar-refractivity contribution is 0.196. The molecule has 1 aromatic heterocycles. The molecule has 0 spiro atoms. The molecule has 0 aliphatic carbocycles. The molecule has 4 heteroatoms. The van der Waals surface area contributed by atoms with Crippen molar-refractivity contribution in [3.63, 3.8) is 0 Å². The topological polar surface area (TPSA) is 41.1 Å². The summed E-state index contributed by atoms with van der Waals surface area (Å²) >= 11 is 0. The lowest BCUT2D eigenvalue weighted by atomic mass is 9.98. The standard InChI is InChI=1S/C13H22N4/c1-11(13-9-15-6-7-16-13)17(2)10-12-4-3-5-14-8-12/h6-7,9,11-12,14H,3-5,8,10H2,1-2H3/t11-,12+/m0/s1. The molecule has 1 aromatic rings. The van der Waals surface area contributed by atoms with Gasteiger partial charge < -0.3 is 5.32 Å². The van der Waals surface area contributed by atoms with Crippen molar-refractivity contribution in [2.75, 3.05) is 26.7 Å². The lowest BCUT2D eigenvalue weighted by Gasteiger charge is -2.30. The summed E-state index contributed by atoms with van der Waals surface area (Å²) in [6.45, 7) is 5.66. The molecule has 2 heterocycles. The third-order valence-corrected chi connectivity index (χ3v) is 3.62. The third kappa shape index (κ3) is 3.48. The maximum absolute atomic E-state index is 4.37. The first-order valence-electron chi connectivity index (χ1n) is 6.44. The second-order valence-corrected chi connectivity index (χ2v) is 4.96. The van der Waals surface area contributed by atoms with E-state index in [9.17, 15) is 0 Å². The molecular formula is C13H22N4. The molecule has 1 fully saturated rings. The molecule has 0 saturated carbocycles. The van der Waals surface area contributed by atoms with Crippen LogP contribution in [0, 0.1) is 5.92 Å². The Morgan fingerprint density at radius 1 is 1.53 bits per heavy atom. The highest BCUT2D eigenvalue weighted by Crippen LogP contribution is 2.19. The Hall–Kier alpha value is -1.00. The summed E-state index contributed by atoms with van der Waals surface area (Å²) in [5, 5.41) is 3.46. The van der Waals surface area contributed by atoms with Gasteiger partial charge in [0, 0.05) is 25.1 Å². The van der Waals surface area contributed by atoms with Gasteiger partial charge in [-0.25, -0.2) is 0 Å². The molecular weight excluding hydrogens is 212 g/mol. The smallest absolute Gasteiger partial charge is 0.0755 e. The van der Waals surface area contributed by atoms with Crippen molar-refractivity contribution in [3.8, 4) is 0 Å². The minimum atomic E-state index is 0.339. The molecule has 17 heavy (non-hydrogen) atoms. The first-order chi connectivity index (χ1) is 8.27. The van der Waals surface area contributed by atoms with Crippen molar-refractivity contribution in [3.05, 3.63) is 24.3 Å². The summed E-state index contributed by atoms with van der Waals surface area (Å²) in [4.78, 5) is 10.9. The summed E-state index contributed by atoms with van der Waals surface area (Å²) in [6, 6.07) is 0.339. The van der Waals surface area contributed by atoms with E-state index in [1.807, 2.05) is 6.20 Å². The van der Waals surface area contributed by atoms with E-state index >= 15 is 0 Å². The summed E-state index contributed by atoms with van der Waals surface area (Å²) in [7, 11) is 2.17. The Labute approximate surface area is 103 Å². The number of hydrogen-bond donors (Lipinski definition) is 1. The summed E-state index contributed by atoms with van der Waals surface area (Å²) in [6.07, 6.45) is 7.99. The largest absolute Gasteiger partial charge is 0.316 e. The highest BCUT2D eigenvalue weighted by molar-refractivity contribution is 5.00. The quantitative estimate of drug-likeness (QED) is 0.856. The van der Waals surface area contributed by atoms with E-state index in [1.54, 1.807) is 12.4 Å². The van der Waals surface area contributed by atoms with Crippen LogP contribution in [0.4, 0.5) is 0 Å². The monoisotopic (exact) mass is 234 g/mol. The Bertz CT molecular complexity index is 321. The second kappa shape index (κ2) is 6.07. The Balaban J connectivity index is 1.88. The molecule has 1 aliphatic heterocycles. The summed E-state index contributed by atoms with van der Waals surface area (Å²) in [5.74, 6) is 0.771. The van der Waals surface area contributed by atoms with Crippen LogP contribution in [0.25, 0.3) is 0 Å². The van der Waals surface area contributed by atoms with Gasteiger partial charge in [-0.05, 0) is 45.8 Å². The van der Waals surface area contributed by atoms with E-state index in [0.717, 1.165) is 24.7 Å². The minimum absolute atomic E-state index is 0.339. The van der Waals surface area contributed by atoms with Gasteiger partial charge in [0.25, 0.3) is 0 Å². The van der Waals surface area contributed by atoms with Crippen molar-refractivity contribution in [2.45, 2.75) is 25.8 Å². The molecule has 4 nitrogen and oxygen atoms in total. The zero-order chi connectivity index (χ0) is 12.1. The van der Waals surface area contributed by atoms with Gasteiger partial charge in [0.15, 0.2) is 0 Å². The summed E-state index contributed by atoms with van der Waals surface area (Å²) in [5.41, 5.74) is 1.05. The molecule has 1 aliphatic rings. The predicted octanol–water partition coefficient (Wildman–Crippen LogP) is 1.47. The van der Waals surface area contributed by atoms with Crippen molar-refractivity contribution in [1.29, 1.82) is 0 Å². The number of rotatable bonds is 4. The van der Waals surface area contributed by atoms with Crippen LogP contribution in [0.5, 0.6) is 0 Å². The van der Waals surface area contributed by atoms with Crippen molar-refractivity contribution < 1.29 is 0 Å². The van der Waals surface area contributed by atoms with Gasteiger partial charge >= 0.3 is 0 Å². The van der Waals surface area contributed by atoms with Gasteiger partial charge in [-0.15, -0.1) is 0 Å². The van der Waals surface area contributed by atoms with Crippen molar-refractivity contribution in [1.82, 2.24) is 20.2 Å². The normalized spacial score (nSPS) is 22.6. The molecule has 0 radical (unpaired) electrons. The van der Waals surface area contributed by atoms with Crippen LogP contribution in [-0.2, 0) is 0 Å². The van der Waals surface area contributed by atoms with Crippen molar-refractivity contribution >= 4 is 0 Å². The third-order valence-electron chi connectivity index (χ3n) is 3.62. The van der Waals surface area contributed by atoms with E-state index < -0.39 is 0 Å². The van der Waals surface area contributed by atoms with E-state index in [2.05, 4.69) is 34.2 Å². The Morgan fingerprint density at radius 2 is 2.41 bits per heavy atom. The van der Waals surface area contributed by atoms with E-state index in [4.69, 9.17) is 0 Å². The lowest BCUT2D eigenvalue weighted by Crippen LogP contribution is -2.37. The van der Waals surface area contributed by atoms with Crippen LogP contribution in [0.2, 0.25) is 0 Å². The SMILES string of the molecule is C[C@@H](c1cnccn1)N(C)C[C@@H]1CCCNC1. The Morgan fingerprint density at radius 3 is 3.06 bits per heavy atom. The highest BCUT2D eigenvalue weighted by atomic mass is 15.1. The van der Waals surface area contributed by atoms with Gasteiger partial charge in [0.05, 0.1) is 11.7 Å². The molecule has 94 valence electrons. The Kier molecular flexibility index (Phi) is 4.45. The first-order valence-corrected chi connectivity index (χ1v) is 6.44. The van der Waals surface area contributed by atoms with Gasteiger partial charge in [-0.1, -0.05) is 0 Å². The van der Waals surface area contributed by atoms with Crippen LogP contribution in [0.3, 0.4) is 0 Å². The van der Waals surface area contributed by atoms with Crippen molar-refractivity contribution in [2.24, 2.45) is 5.92 Å². The van der Waals surface area contributed by atoms with E-state index in [1.165, 1.54) is 19.4 Å². The number of piperidine rings is 1. The first kappa shape index (κ1) is 12.5.